The minimum Gasteiger partial charge on any atom is -0.299 e. The Morgan fingerprint density at radius 1 is 1.73 bits per heavy atom. The maximum atomic E-state index is 11.2. The number of nitrogens with two attached hydrogens (primary N) is 1. The van der Waals surface area contributed by atoms with Crippen LogP contribution in [0.2, 0.25) is 0 Å². The Kier molecular flexibility index (Phi) is 4.53. The van der Waals surface area contributed by atoms with E-state index in [0.29, 0.717) is 19.0 Å². The highest BCUT2D eigenvalue weighted by atomic mass is 16.2. The molecule has 1 unspecified atom stereocenters. The molecule has 0 aromatic carbocycles. The molecule has 1 fully saturated rings. The van der Waals surface area contributed by atoms with Crippen LogP contribution < -0.4 is 11.3 Å². The van der Waals surface area contributed by atoms with Gasteiger partial charge in [0.2, 0.25) is 5.91 Å². The summed E-state index contributed by atoms with van der Waals surface area (Å²) in [5.74, 6) is 4.81. The van der Waals surface area contributed by atoms with Crippen LogP contribution in [0, 0.1) is 17.2 Å². The summed E-state index contributed by atoms with van der Waals surface area (Å²) in [6.07, 6.45) is 2.89. The molecule has 15 heavy (non-hydrogen) atoms. The molecule has 0 spiro atoms. The third-order valence-electron chi connectivity index (χ3n) is 2.67. The number of hydrogen-bond acceptors (Lipinski definition) is 4. The first-order valence-corrected chi connectivity index (χ1v) is 5.30. The molecular weight excluding hydrogens is 192 g/mol. The second-order valence-corrected chi connectivity index (χ2v) is 4.04. The van der Waals surface area contributed by atoms with Gasteiger partial charge in [0.15, 0.2) is 0 Å². The van der Waals surface area contributed by atoms with Gasteiger partial charge in [-0.25, -0.2) is 5.84 Å². The summed E-state index contributed by atoms with van der Waals surface area (Å²) in [4.78, 5) is 13.4. The lowest BCUT2D eigenvalue weighted by Gasteiger charge is -2.23. The van der Waals surface area contributed by atoms with E-state index >= 15 is 0 Å². The smallest absolute Gasteiger partial charge is 0.237 e. The highest BCUT2D eigenvalue weighted by Gasteiger charge is 2.30. The summed E-state index contributed by atoms with van der Waals surface area (Å²) < 4.78 is 0. The molecule has 0 aromatic heterocycles. The summed E-state index contributed by atoms with van der Waals surface area (Å²) in [5.41, 5.74) is 2.15. The fraction of sp³-hybridized carbons (Fsp3) is 0.800. The zero-order valence-electron chi connectivity index (χ0n) is 9.07. The number of carbonyl (C=O) groups is 1. The molecule has 84 valence electrons. The normalized spacial score (nSPS) is 17.2. The van der Waals surface area contributed by atoms with Gasteiger partial charge in [-0.1, -0.05) is 6.92 Å². The number of rotatable bonds is 6. The molecule has 0 saturated heterocycles. The fourth-order valence-electron chi connectivity index (χ4n) is 1.63. The number of amides is 1. The molecule has 0 aliphatic heterocycles. The van der Waals surface area contributed by atoms with Crippen molar-refractivity contribution in [2.75, 3.05) is 13.1 Å². The molecular formula is C10H18N4O. The SMILES string of the molecule is CC(CN(CCC#N)C1CC1)C(=O)NN. The molecule has 0 radical (unpaired) electrons. The number of nitriles is 1. The topological polar surface area (TPSA) is 82.2 Å². The molecule has 0 aromatic rings. The number of carbonyl (C=O) groups excluding carboxylic acids is 1. The Labute approximate surface area is 90.2 Å². The molecule has 1 saturated carbocycles. The van der Waals surface area contributed by atoms with Gasteiger partial charge in [-0.3, -0.25) is 15.1 Å². The van der Waals surface area contributed by atoms with E-state index in [1.54, 1.807) is 0 Å². The maximum Gasteiger partial charge on any atom is 0.237 e. The minimum absolute atomic E-state index is 0.116. The minimum atomic E-state index is -0.141. The molecule has 1 atom stereocenters. The molecule has 5 heteroatoms. The number of nitrogens with zero attached hydrogens (tertiary/aromatic N) is 2. The molecule has 1 amide bonds. The third-order valence-corrected chi connectivity index (χ3v) is 2.67. The van der Waals surface area contributed by atoms with Crippen molar-refractivity contribution in [1.82, 2.24) is 10.3 Å². The van der Waals surface area contributed by atoms with Crippen LogP contribution >= 0.6 is 0 Å². The molecule has 0 heterocycles. The maximum absolute atomic E-state index is 11.2. The van der Waals surface area contributed by atoms with Crippen molar-refractivity contribution in [3.05, 3.63) is 0 Å². The molecule has 1 rings (SSSR count). The second kappa shape index (κ2) is 5.69. The van der Waals surface area contributed by atoms with Gasteiger partial charge in [0.25, 0.3) is 0 Å². The lowest BCUT2D eigenvalue weighted by Crippen LogP contribution is -2.41. The molecule has 1 aliphatic carbocycles. The number of nitrogens with one attached hydrogen (secondary N) is 1. The first-order valence-electron chi connectivity index (χ1n) is 5.30. The van der Waals surface area contributed by atoms with Crippen molar-refractivity contribution < 1.29 is 4.79 Å². The van der Waals surface area contributed by atoms with Gasteiger partial charge in [-0.15, -0.1) is 0 Å². The predicted octanol–water partition coefficient (Wildman–Crippen LogP) is -0.00952. The lowest BCUT2D eigenvalue weighted by atomic mass is 10.1. The zero-order chi connectivity index (χ0) is 11.3. The summed E-state index contributed by atoms with van der Waals surface area (Å²) in [7, 11) is 0. The van der Waals surface area contributed by atoms with Gasteiger partial charge in [0.05, 0.1) is 6.07 Å². The van der Waals surface area contributed by atoms with Gasteiger partial charge in [-0.2, -0.15) is 5.26 Å². The van der Waals surface area contributed by atoms with Crippen molar-refractivity contribution in [3.8, 4) is 6.07 Å². The summed E-state index contributed by atoms with van der Waals surface area (Å²) >= 11 is 0. The van der Waals surface area contributed by atoms with E-state index in [9.17, 15) is 4.79 Å². The largest absolute Gasteiger partial charge is 0.299 e. The van der Waals surface area contributed by atoms with E-state index in [0.717, 1.165) is 6.54 Å². The Bertz CT molecular complexity index is 257. The van der Waals surface area contributed by atoms with Crippen molar-refractivity contribution in [2.24, 2.45) is 11.8 Å². The van der Waals surface area contributed by atoms with Gasteiger partial charge >= 0.3 is 0 Å². The zero-order valence-corrected chi connectivity index (χ0v) is 9.07. The van der Waals surface area contributed by atoms with Gasteiger partial charge in [0, 0.05) is 31.5 Å². The first-order chi connectivity index (χ1) is 7.19. The van der Waals surface area contributed by atoms with E-state index in [1.807, 2.05) is 6.92 Å². The lowest BCUT2D eigenvalue weighted by molar-refractivity contribution is -0.125. The molecule has 3 N–H and O–H groups in total. The van der Waals surface area contributed by atoms with Crippen LogP contribution in [0.5, 0.6) is 0 Å². The average Bonchev–Trinajstić information content (AvgIpc) is 3.06. The van der Waals surface area contributed by atoms with E-state index in [1.165, 1.54) is 12.8 Å². The van der Waals surface area contributed by atoms with Crippen molar-refractivity contribution in [3.63, 3.8) is 0 Å². The molecule has 5 nitrogen and oxygen atoms in total. The fourth-order valence-corrected chi connectivity index (χ4v) is 1.63. The van der Waals surface area contributed by atoms with Crippen LogP contribution in [-0.4, -0.2) is 29.9 Å². The van der Waals surface area contributed by atoms with Crippen molar-refractivity contribution in [2.45, 2.75) is 32.2 Å². The number of hydrazine groups is 1. The van der Waals surface area contributed by atoms with Crippen molar-refractivity contribution >= 4 is 5.91 Å². The quantitative estimate of drug-likeness (QED) is 0.367. The van der Waals surface area contributed by atoms with Crippen LogP contribution in [0.15, 0.2) is 0 Å². The third kappa shape index (κ3) is 3.86. The predicted molar refractivity (Wildman–Crippen MR) is 56.3 cm³/mol. The van der Waals surface area contributed by atoms with Crippen LogP contribution in [0.1, 0.15) is 26.2 Å². The number of hydrogen-bond donors (Lipinski definition) is 2. The molecule has 1 aliphatic rings. The van der Waals surface area contributed by atoms with Crippen LogP contribution in [-0.2, 0) is 4.79 Å². The van der Waals surface area contributed by atoms with E-state index in [4.69, 9.17) is 11.1 Å². The second-order valence-electron chi connectivity index (χ2n) is 4.04. The summed E-state index contributed by atoms with van der Waals surface area (Å²) in [6.45, 7) is 3.29. The van der Waals surface area contributed by atoms with Crippen LogP contribution in [0.3, 0.4) is 0 Å². The highest BCUT2D eigenvalue weighted by Crippen LogP contribution is 2.27. The Morgan fingerprint density at radius 3 is 2.87 bits per heavy atom. The van der Waals surface area contributed by atoms with Gasteiger partial charge < -0.3 is 0 Å². The summed E-state index contributed by atoms with van der Waals surface area (Å²) in [5, 5.41) is 8.53. The van der Waals surface area contributed by atoms with E-state index in [-0.39, 0.29) is 11.8 Å². The van der Waals surface area contributed by atoms with Gasteiger partial charge in [0.1, 0.15) is 0 Å². The highest BCUT2D eigenvalue weighted by molar-refractivity contribution is 5.77. The first kappa shape index (κ1) is 12.0. The standard InChI is InChI=1S/C10H18N4O/c1-8(10(15)13-12)7-14(6-2-5-11)9-3-4-9/h8-9H,2-4,6-7,12H2,1H3,(H,13,15). The van der Waals surface area contributed by atoms with Crippen LogP contribution in [0.25, 0.3) is 0 Å². The monoisotopic (exact) mass is 210 g/mol. The molecule has 0 bridgehead atoms. The summed E-state index contributed by atoms with van der Waals surface area (Å²) in [6, 6.07) is 2.71. The van der Waals surface area contributed by atoms with Crippen LogP contribution in [0.4, 0.5) is 0 Å². The van der Waals surface area contributed by atoms with E-state index < -0.39 is 0 Å². The van der Waals surface area contributed by atoms with Crippen molar-refractivity contribution in [1.29, 1.82) is 5.26 Å². The average molecular weight is 210 g/mol. The van der Waals surface area contributed by atoms with E-state index in [2.05, 4.69) is 16.4 Å². The Morgan fingerprint density at radius 2 is 2.40 bits per heavy atom. The Hall–Kier alpha value is -1.12. The van der Waals surface area contributed by atoms with Gasteiger partial charge in [-0.05, 0) is 12.8 Å². The Balaban J connectivity index is 2.36.